The van der Waals surface area contributed by atoms with E-state index in [2.05, 4.69) is 21.9 Å². The minimum atomic E-state index is -0.917. The molecule has 178 valence electrons. The third-order valence-corrected chi connectivity index (χ3v) is 4.29. The van der Waals surface area contributed by atoms with Gasteiger partial charge in [-0.15, -0.1) is 17.7 Å². The standard InChI is InChI=1S/C16H13F2N4O2.C5H11NO.Fm/c1-24-16-14(22-15(20)13(18)6-19)5-10(7-21-16)11-3-2-9(8-23)4-12(11)17;1-6-2-4-7-5-3-6;/h2-7H,19H2,1H3,(H2,20,22);2-5H2,1H3;/q-1;;/b13-6+;;. The Bertz CT molecular complexity index is 966. The van der Waals surface area contributed by atoms with Crippen LogP contribution in [-0.4, -0.2) is 62.5 Å². The van der Waals surface area contributed by atoms with E-state index in [0.717, 1.165) is 32.4 Å². The molecule has 0 aliphatic carbocycles. The number of aliphatic imine (C=N–C) groups is 1. The third kappa shape index (κ3) is 6.85. The summed E-state index contributed by atoms with van der Waals surface area (Å²) in [4.78, 5) is 20.7. The van der Waals surface area contributed by atoms with Crippen LogP contribution in [0.3, 0.4) is 0 Å². The molecule has 11 heteroatoms. The second kappa shape index (κ2) is 12.4. The number of hydrogen-bond acceptors (Lipinski definition) is 7. The molecule has 2 heterocycles. The number of methoxy groups -OCH3 is 1. The molecule has 0 radical (unpaired) electrons. The predicted octanol–water partition coefficient (Wildman–Crippen LogP) is 2.06. The summed E-state index contributed by atoms with van der Waals surface area (Å²) in [7, 11) is 3.46. The number of aromatic nitrogens is 1. The number of benzene rings is 1. The van der Waals surface area contributed by atoms with Crippen molar-refractivity contribution in [2.24, 2.45) is 16.5 Å². The van der Waals surface area contributed by atoms with Crippen LogP contribution in [0.25, 0.3) is 11.1 Å². The second-order valence-corrected chi connectivity index (χ2v) is 6.48. The van der Waals surface area contributed by atoms with Crippen LogP contribution < -0.4 is 16.2 Å². The zero-order valence-corrected chi connectivity index (χ0v) is 20.0. The molecule has 3 rings (SSSR count). The molecule has 1 aliphatic heterocycles. The fraction of sp³-hybridized carbons (Fsp3) is 0.286. The van der Waals surface area contributed by atoms with Crippen molar-refractivity contribution >= 4 is 17.8 Å². The van der Waals surface area contributed by atoms with E-state index >= 15 is 0 Å². The maximum Gasteiger partial charge on any atom is 0.239 e. The second-order valence-electron chi connectivity index (χ2n) is 6.48. The molecule has 0 spiro atoms. The minimum absolute atomic E-state index is 0. The SMILES string of the molecule is CN1CCOCC1.COc1ncc(-c2ccc([C-]=O)cc2F)cc1N=C(N)/C(F)=C\N.[Fm]. The summed E-state index contributed by atoms with van der Waals surface area (Å²) in [5.74, 6) is -1.95. The molecule has 2 aromatic rings. The van der Waals surface area contributed by atoms with Gasteiger partial charge in [-0.2, -0.15) is 6.07 Å². The number of hydrogen-bond donors (Lipinski definition) is 2. The Kier molecular flexibility index (Phi) is 9.91. The fourth-order valence-corrected chi connectivity index (χ4v) is 2.56. The van der Waals surface area contributed by atoms with Gasteiger partial charge < -0.3 is 30.6 Å². The quantitative estimate of drug-likeness (QED) is 0.281. The van der Waals surface area contributed by atoms with Crippen molar-refractivity contribution in [3.63, 3.8) is 0 Å². The Morgan fingerprint density at radius 2 is 2.03 bits per heavy atom. The van der Waals surface area contributed by atoms with E-state index in [0.29, 0.717) is 11.8 Å². The number of morpholine rings is 1. The molecule has 8 nitrogen and oxygen atoms in total. The Hall–Kier alpha value is -4.37. The Morgan fingerprint density at radius 3 is 2.53 bits per heavy atom. The molecule has 0 bridgehead atoms. The predicted molar refractivity (Wildman–Crippen MR) is 114 cm³/mol. The molecule has 1 saturated heterocycles. The number of rotatable bonds is 5. The molecule has 1 aliphatic rings. The summed E-state index contributed by atoms with van der Waals surface area (Å²) in [6, 6.07) is 5.27. The first-order chi connectivity index (χ1) is 14.9. The molecule has 0 atom stereocenters. The fourth-order valence-electron chi connectivity index (χ4n) is 2.56. The van der Waals surface area contributed by atoms with Crippen molar-refractivity contribution < 1.29 is 23.0 Å². The number of likely N-dealkylation sites (N-methyl/N-ethyl adjacent to an activating group) is 1. The van der Waals surface area contributed by atoms with Crippen LogP contribution in [0.5, 0.6) is 5.88 Å². The first kappa shape index (κ1) is 25.7. The van der Waals surface area contributed by atoms with E-state index in [9.17, 15) is 13.6 Å². The van der Waals surface area contributed by atoms with Crippen molar-refractivity contribution in [3.05, 3.63) is 53.9 Å². The van der Waals surface area contributed by atoms with Gasteiger partial charge in [-0.1, -0.05) is 0 Å². The smallest absolute Gasteiger partial charge is 0.239 e. The van der Waals surface area contributed by atoms with Gasteiger partial charge >= 0.3 is 0 Å². The number of ether oxygens (including phenoxy) is 2. The van der Waals surface area contributed by atoms with E-state index in [1.54, 1.807) is 6.29 Å². The zero-order chi connectivity index (χ0) is 22.8. The van der Waals surface area contributed by atoms with Gasteiger partial charge in [0.25, 0.3) is 0 Å². The van der Waals surface area contributed by atoms with Crippen LogP contribution in [0.4, 0.5) is 14.5 Å². The minimum Gasteiger partial charge on any atom is -0.479 e. The number of nitrogens with zero attached hydrogens (tertiary/aromatic N) is 3. The molecule has 0 amide bonds. The molecule has 1 aromatic carbocycles. The van der Waals surface area contributed by atoms with Crippen molar-refractivity contribution in [2.75, 3.05) is 40.5 Å². The topological polar surface area (TPSA) is 116 Å². The van der Waals surface area contributed by atoms with Gasteiger partial charge in [0.1, 0.15) is 5.69 Å². The molecule has 32 heavy (non-hydrogen) atoms. The van der Waals surface area contributed by atoms with Gasteiger partial charge in [-0.05, 0) is 18.7 Å². The average Bonchev–Trinajstić information content (AvgIpc) is 2.79. The van der Waals surface area contributed by atoms with Gasteiger partial charge in [0.15, 0.2) is 11.7 Å². The van der Waals surface area contributed by atoms with Crippen LogP contribution in [0, 0.1) is 5.82 Å². The maximum atomic E-state index is 14.1. The van der Waals surface area contributed by atoms with Crippen LogP contribution >= 0.6 is 0 Å². The largest absolute Gasteiger partial charge is 0.479 e. The number of nitrogens with two attached hydrogens (primary N) is 2. The van der Waals surface area contributed by atoms with Crippen molar-refractivity contribution in [3.8, 4) is 17.0 Å². The molecular weight excluding hydrogens is 665 g/mol. The number of amidine groups is 1. The summed E-state index contributed by atoms with van der Waals surface area (Å²) in [6.07, 6.45) is 3.61. The van der Waals surface area contributed by atoms with Crippen LogP contribution in [0.15, 0.2) is 47.5 Å². The van der Waals surface area contributed by atoms with E-state index in [1.165, 1.54) is 31.5 Å². The van der Waals surface area contributed by atoms with Crippen molar-refractivity contribution in [2.45, 2.75) is 0 Å². The number of halogens is 2. The molecule has 4 N–H and O–H groups in total. The van der Waals surface area contributed by atoms with E-state index in [4.69, 9.17) is 20.9 Å². The third-order valence-electron chi connectivity index (χ3n) is 4.29. The molecule has 0 saturated carbocycles. The van der Waals surface area contributed by atoms with Crippen LogP contribution in [0.2, 0.25) is 0 Å². The number of carbonyl (C=O) groups excluding carboxylic acids is 1. The maximum absolute atomic E-state index is 14.1. The average molecular weight is 689 g/mol. The van der Waals surface area contributed by atoms with Crippen molar-refractivity contribution in [1.29, 1.82) is 0 Å². The molecular formula is C21H24F2FmN5O3-. The van der Waals surface area contributed by atoms with Gasteiger partial charge in [0.2, 0.25) is 5.88 Å². The molecule has 1 fully saturated rings. The number of pyridine rings is 1. The van der Waals surface area contributed by atoms with Gasteiger partial charge in [0.05, 0.1) is 32.4 Å². The normalized spacial score (nSPS) is 14.6. The summed E-state index contributed by atoms with van der Waals surface area (Å²) in [5, 5.41) is 0. The van der Waals surface area contributed by atoms with E-state index in [1.807, 2.05) is 0 Å². The van der Waals surface area contributed by atoms with Crippen LogP contribution in [0.1, 0.15) is 5.56 Å². The summed E-state index contributed by atoms with van der Waals surface area (Å²) in [6.45, 7) is 4.02. The van der Waals surface area contributed by atoms with Crippen LogP contribution in [-0.2, 0) is 9.53 Å². The van der Waals surface area contributed by atoms with E-state index < -0.39 is 17.5 Å². The van der Waals surface area contributed by atoms with Gasteiger partial charge in [-0.3, -0.25) is 0 Å². The monoisotopic (exact) mass is 689 g/mol. The summed E-state index contributed by atoms with van der Waals surface area (Å²) >= 11 is 0. The first-order valence-electron chi connectivity index (χ1n) is 9.30. The summed E-state index contributed by atoms with van der Waals surface area (Å²) in [5.41, 5.74) is 11.2. The van der Waals surface area contributed by atoms with E-state index in [-0.39, 0.29) is 22.7 Å². The Morgan fingerprint density at radius 1 is 1.34 bits per heavy atom. The zero-order valence-electron chi connectivity index (χ0n) is 17.6. The van der Waals surface area contributed by atoms with Gasteiger partial charge in [-0.25, -0.2) is 18.8 Å². The van der Waals surface area contributed by atoms with Crippen molar-refractivity contribution in [1.82, 2.24) is 9.88 Å². The molecule has 0 unspecified atom stereocenters. The molecule has 1 aromatic heterocycles. The Balaban J connectivity index is 0.000000545. The van der Waals surface area contributed by atoms with Gasteiger partial charge in [0, 0.05) is 31.0 Å². The first-order valence-corrected chi connectivity index (χ1v) is 9.30. The Labute approximate surface area is 179 Å². The summed E-state index contributed by atoms with van der Waals surface area (Å²) < 4.78 is 37.6.